The standard InChI is InChI=1S/C9H15N3/c1-3-8(2)12-7-9-6-10-4-5-11-9/h4-6,8,12H,3,7H2,1-2H3. The SMILES string of the molecule is CCC(C)NCc1cnccn1. The van der Waals surface area contributed by atoms with E-state index in [1.54, 1.807) is 18.6 Å². The minimum Gasteiger partial charge on any atom is -0.309 e. The molecule has 1 aromatic heterocycles. The Bertz CT molecular complexity index is 210. The zero-order valence-corrected chi connectivity index (χ0v) is 7.62. The molecular formula is C9H15N3. The van der Waals surface area contributed by atoms with Crippen molar-refractivity contribution in [1.29, 1.82) is 0 Å². The molecule has 0 saturated heterocycles. The average molecular weight is 165 g/mol. The van der Waals surface area contributed by atoms with Gasteiger partial charge >= 0.3 is 0 Å². The zero-order chi connectivity index (χ0) is 8.81. The molecule has 1 rings (SSSR count). The van der Waals surface area contributed by atoms with Gasteiger partial charge in [0.1, 0.15) is 0 Å². The molecule has 0 aromatic carbocycles. The van der Waals surface area contributed by atoms with Gasteiger partial charge in [-0.1, -0.05) is 6.92 Å². The van der Waals surface area contributed by atoms with Crippen LogP contribution in [0.1, 0.15) is 26.0 Å². The van der Waals surface area contributed by atoms with Gasteiger partial charge in [0.2, 0.25) is 0 Å². The molecule has 1 aromatic rings. The fourth-order valence-electron chi connectivity index (χ4n) is 0.844. The largest absolute Gasteiger partial charge is 0.309 e. The zero-order valence-electron chi connectivity index (χ0n) is 7.62. The quantitative estimate of drug-likeness (QED) is 0.732. The van der Waals surface area contributed by atoms with Gasteiger partial charge in [0, 0.05) is 31.2 Å². The summed E-state index contributed by atoms with van der Waals surface area (Å²) in [5, 5.41) is 3.35. The van der Waals surface area contributed by atoms with E-state index in [4.69, 9.17) is 0 Å². The molecule has 0 aliphatic carbocycles. The second-order valence-electron chi connectivity index (χ2n) is 2.89. The number of nitrogens with zero attached hydrogens (tertiary/aromatic N) is 2. The van der Waals surface area contributed by atoms with Crippen LogP contribution in [0.4, 0.5) is 0 Å². The Kier molecular flexibility index (Phi) is 3.67. The second kappa shape index (κ2) is 4.83. The van der Waals surface area contributed by atoms with Crippen LogP contribution in [-0.2, 0) is 6.54 Å². The summed E-state index contributed by atoms with van der Waals surface area (Å²) in [6.07, 6.45) is 6.33. The molecule has 0 saturated carbocycles. The van der Waals surface area contributed by atoms with Crippen molar-refractivity contribution in [2.45, 2.75) is 32.9 Å². The van der Waals surface area contributed by atoms with Gasteiger partial charge in [-0.15, -0.1) is 0 Å². The first-order chi connectivity index (χ1) is 5.83. The lowest BCUT2D eigenvalue weighted by atomic mass is 10.2. The third kappa shape index (κ3) is 2.96. The summed E-state index contributed by atoms with van der Waals surface area (Å²) in [5.74, 6) is 0. The van der Waals surface area contributed by atoms with Crippen molar-refractivity contribution in [2.75, 3.05) is 0 Å². The lowest BCUT2D eigenvalue weighted by Crippen LogP contribution is -2.24. The molecule has 0 bridgehead atoms. The van der Waals surface area contributed by atoms with E-state index in [2.05, 4.69) is 29.1 Å². The number of nitrogens with one attached hydrogen (secondary N) is 1. The van der Waals surface area contributed by atoms with Crippen molar-refractivity contribution in [1.82, 2.24) is 15.3 Å². The summed E-state index contributed by atoms with van der Waals surface area (Å²) < 4.78 is 0. The van der Waals surface area contributed by atoms with E-state index in [9.17, 15) is 0 Å². The first-order valence-corrected chi connectivity index (χ1v) is 4.31. The molecule has 1 N–H and O–H groups in total. The number of aromatic nitrogens is 2. The molecule has 0 fully saturated rings. The minimum absolute atomic E-state index is 0.548. The van der Waals surface area contributed by atoms with E-state index in [-0.39, 0.29) is 0 Å². The molecule has 0 radical (unpaired) electrons. The number of hydrogen-bond donors (Lipinski definition) is 1. The van der Waals surface area contributed by atoms with Gasteiger partial charge in [-0.25, -0.2) is 0 Å². The maximum atomic E-state index is 4.16. The van der Waals surface area contributed by atoms with Gasteiger partial charge in [0.25, 0.3) is 0 Å². The molecular weight excluding hydrogens is 150 g/mol. The van der Waals surface area contributed by atoms with E-state index in [0.717, 1.165) is 18.7 Å². The monoisotopic (exact) mass is 165 g/mol. The molecule has 0 spiro atoms. The third-order valence-electron chi connectivity index (χ3n) is 1.86. The summed E-state index contributed by atoms with van der Waals surface area (Å²) in [6.45, 7) is 5.13. The maximum absolute atomic E-state index is 4.16. The number of rotatable bonds is 4. The summed E-state index contributed by atoms with van der Waals surface area (Å²) in [6, 6.07) is 0.548. The number of hydrogen-bond acceptors (Lipinski definition) is 3. The van der Waals surface area contributed by atoms with Crippen molar-refractivity contribution >= 4 is 0 Å². The van der Waals surface area contributed by atoms with Crippen molar-refractivity contribution < 1.29 is 0 Å². The summed E-state index contributed by atoms with van der Waals surface area (Å²) >= 11 is 0. The van der Waals surface area contributed by atoms with Crippen LogP contribution in [0.2, 0.25) is 0 Å². The van der Waals surface area contributed by atoms with Crippen LogP contribution in [0.15, 0.2) is 18.6 Å². The highest BCUT2D eigenvalue weighted by molar-refractivity contribution is 4.93. The molecule has 1 heterocycles. The van der Waals surface area contributed by atoms with Gasteiger partial charge in [0.15, 0.2) is 0 Å². The Labute approximate surface area is 73.2 Å². The van der Waals surface area contributed by atoms with E-state index in [1.165, 1.54) is 0 Å². The summed E-state index contributed by atoms with van der Waals surface area (Å²) in [7, 11) is 0. The normalized spacial score (nSPS) is 12.8. The molecule has 66 valence electrons. The predicted molar refractivity (Wildman–Crippen MR) is 48.6 cm³/mol. The fourth-order valence-corrected chi connectivity index (χ4v) is 0.844. The Balaban J connectivity index is 2.33. The van der Waals surface area contributed by atoms with Crippen molar-refractivity contribution in [3.05, 3.63) is 24.3 Å². The second-order valence-corrected chi connectivity index (χ2v) is 2.89. The predicted octanol–water partition coefficient (Wildman–Crippen LogP) is 1.36. The van der Waals surface area contributed by atoms with Crippen molar-refractivity contribution in [3.8, 4) is 0 Å². The van der Waals surface area contributed by atoms with Gasteiger partial charge in [0.05, 0.1) is 5.69 Å². The van der Waals surface area contributed by atoms with Crippen LogP contribution in [-0.4, -0.2) is 16.0 Å². The van der Waals surface area contributed by atoms with Gasteiger partial charge in [-0.2, -0.15) is 0 Å². The third-order valence-corrected chi connectivity index (χ3v) is 1.86. The highest BCUT2D eigenvalue weighted by Gasteiger charge is 1.97. The molecule has 0 amide bonds. The van der Waals surface area contributed by atoms with E-state index >= 15 is 0 Å². The average Bonchev–Trinajstić information content (AvgIpc) is 2.16. The van der Waals surface area contributed by atoms with Crippen LogP contribution in [0.5, 0.6) is 0 Å². The Morgan fingerprint density at radius 1 is 1.50 bits per heavy atom. The highest BCUT2D eigenvalue weighted by Crippen LogP contribution is 1.93. The molecule has 1 atom stereocenters. The van der Waals surface area contributed by atoms with Gasteiger partial charge in [-0.3, -0.25) is 9.97 Å². The molecule has 12 heavy (non-hydrogen) atoms. The van der Waals surface area contributed by atoms with Crippen LogP contribution < -0.4 is 5.32 Å². The molecule has 0 aliphatic rings. The van der Waals surface area contributed by atoms with Crippen LogP contribution in [0, 0.1) is 0 Å². The van der Waals surface area contributed by atoms with Crippen molar-refractivity contribution in [2.24, 2.45) is 0 Å². The first-order valence-electron chi connectivity index (χ1n) is 4.31. The van der Waals surface area contributed by atoms with Crippen LogP contribution in [0.3, 0.4) is 0 Å². The Hall–Kier alpha value is -0.960. The van der Waals surface area contributed by atoms with Gasteiger partial charge < -0.3 is 5.32 Å². The molecule has 3 heteroatoms. The topological polar surface area (TPSA) is 37.8 Å². The molecule has 1 unspecified atom stereocenters. The van der Waals surface area contributed by atoms with Crippen molar-refractivity contribution in [3.63, 3.8) is 0 Å². The Morgan fingerprint density at radius 3 is 2.92 bits per heavy atom. The first kappa shape index (κ1) is 9.13. The van der Waals surface area contributed by atoms with Gasteiger partial charge in [-0.05, 0) is 13.3 Å². The maximum Gasteiger partial charge on any atom is 0.0724 e. The summed E-state index contributed by atoms with van der Waals surface area (Å²) in [4.78, 5) is 8.15. The minimum atomic E-state index is 0.548. The van der Waals surface area contributed by atoms with Crippen LogP contribution >= 0.6 is 0 Å². The fraction of sp³-hybridized carbons (Fsp3) is 0.556. The summed E-state index contributed by atoms with van der Waals surface area (Å²) in [5.41, 5.74) is 0.998. The molecule has 3 nitrogen and oxygen atoms in total. The lowest BCUT2D eigenvalue weighted by Gasteiger charge is -2.09. The Morgan fingerprint density at radius 2 is 2.33 bits per heavy atom. The van der Waals surface area contributed by atoms with Crippen LogP contribution in [0.25, 0.3) is 0 Å². The lowest BCUT2D eigenvalue weighted by molar-refractivity contribution is 0.528. The smallest absolute Gasteiger partial charge is 0.0724 e. The van der Waals surface area contributed by atoms with E-state index < -0.39 is 0 Å². The van der Waals surface area contributed by atoms with E-state index in [1.807, 2.05) is 0 Å². The highest BCUT2D eigenvalue weighted by atomic mass is 14.9. The molecule has 0 aliphatic heterocycles. The van der Waals surface area contributed by atoms with E-state index in [0.29, 0.717) is 6.04 Å².